The first-order valence-corrected chi connectivity index (χ1v) is 8.37. The number of hydrogen-bond donors (Lipinski definition) is 1. The van der Waals surface area contributed by atoms with Crippen molar-refractivity contribution in [2.75, 3.05) is 18.4 Å². The van der Waals surface area contributed by atoms with Gasteiger partial charge in [0, 0.05) is 29.4 Å². The van der Waals surface area contributed by atoms with Crippen molar-refractivity contribution >= 4 is 23.5 Å². The number of anilines is 1. The molecular formula is C17H20ClN5O. The number of halogens is 1. The largest absolute Gasteiger partial charge is 0.339 e. The third-order valence-electron chi connectivity index (χ3n) is 4.28. The molecule has 1 atom stereocenters. The first kappa shape index (κ1) is 16.5. The van der Waals surface area contributed by atoms with E-state index in [1.54, 1.807) is 9.58 Å². The number of carbonyl (C=O) groups is 1. The smallest absolute Gasteiger partial charge is 0.254 e. The average molecular weight is 346 g/mol. The van der Waals surface area contributed by atoms with Crippen LogP contribution in [0.3, 0.4) is 0 Å². The second kappa shape index (κ2) is 6.65. The van der Waals surface area contributed by atoms with Gasteiger partial charge in [0.1, 0.15) is 12.4 Å². The maximum Gasteiger partial charge on any atom is 0.254 e. The van der Waals surface area contributed by atoms with Crippen LogP contribution in [0.2, 0.25) is 5.02 Å². The highest BCUT2D eigenvalue weighted by atomic mass is 35.5. The molecule has 1 aromatic heterocycles. The summed E-state index contributed by atoms with van der Waals surface area (Å²) in [5.41, 5.74) is 2.25. The second-order valence-electron chi connectivity index (χ2n) is 5.59. The van der Waals surface area contributed by atoms with Crippen LogP contribution >= 0.6 is 11.6 Å². The van der Waals surface area contributed by atoms with E-state index >= 15 is 0 Å². The Kier molecular flexibility index (Phi) is 4.57. The van der Waals surface area contributed by atoms with Crippen molar-refractivity contribution in [1.29, 1.82) is 0 Å². The molecule has 0 radical (unpaired) electrons. The Morgan fingerprint density at radius 3 is 2.71 bits per heavy atom. The molecule has 2 aromatic rings. The van der Waals surface area contributed by atoms with Gasteiger partial charge in [-0.3, -0.25) is 4.79 Å². The number of likely N-dealkylation sites (N-methyl/N-ethyl adjacent to an activating group) is 1. The van der Waals surface area contributed by atoms with E-state index in [0.29, 0.717) is 29.6 Å². The summed E-state index contributed by atoms with van der Waals surface area (Å²) in [5, 5.41) is 8.09. The fourth-order valence-corrected chi connectivity index (χ4v) is 3.27. The summed E-state index contributed by atoms with van der Waals surface area (Å²) in [6.07, 6.45) is 1.48. The van der Waals surface area contributed by atoms with Crippen LogP contribution in [0.15, 0.2) is 41.9 Å². The Morgan fingerprint density at radius 1 is 1.33 bits per heavy atom. The van der Waals surface area contributed by atoms with E-state index < -0.39 is 6.04 Å². The third-order valence-corrected chi connectivity index (χ3v) is 4.62. The van der Waals surface area contributed by atoms with Gasteiger partial charge < -0.3 is 10.2 Å². The van der Waals surface area contributed by atoms with Crippen LogP contribution in [0.25, 0.3) is 0 Å². The molecule has 1 aliphatic heterocycles. The van der Waals surface area contributed by atoms with Gasteiger partial charge in [0.2, 0.25) is 5.95 Å². The molecule has 6 nitrogen and oxygen atoms in total. The molecule has 1 aromatic carbocycles. The van der Waals surface area contributed by atoms with Crippen molar-refractivity contribution in [2.24, 2.45) is 0 Å². The minimum Gasteiger partial charge on any atom is -0.339 e. The molecule has 0 saturated carbocycles. The van der Waals surface area contributed by atoms with Crippen molar-refractivity contribution in [3.8, 4) is 0 Å². The van der Waals surface area contributed by atoms with E-state index in [1.165, 1.54) is 6.33 Å². The van der Waals surface area contributed by atoms with Gasteiger partial charge in [-0.15, -0.1) is 0 Å². The highest BCUT2D eigenvalue weighted by Gasteiger charge is 2.35. The van der Waals surface area contributed by atoms with Crippen molar-refractivity contribution < 1.29 is 4.79 Å². The Hall–Kier alpha value is -2.34. The summed E-state index contributed by atoms with van der Waals surface area (Å²) in [7, 11) is 0. The van der Waals surface area contributed by atoms with Crippen molar-refractivity contribution in [3.05, 3.63) is 52.4 Å². The monoisotopic (exact) mass is 345 g/mol. The van der Waals surface area contributed by atoms with Crippen LogP contribution < -0.4 is 5.32 Å². The summed E-state index contributed by atoms with van der Waals surface area (Å²) in [6.45, 7) is 7.12. The predicted octanol–water partition coefficient (Wildman–Crippen LogP) is 3.09. The Balaban J connectivity index is 2.17. The van der Waals surface area contributed by atoms with E-state index in [-0.39, 0.29) is 5.91 Å². The molecule has 3 rings (SSSR count). The number of benzene rings is 1. The number of nitrogens with one attached hydrogen (secondary N) is 1. The maximum atomic E-state index is 13.1. The van der Waals surface area contributed by atoms with E-state index in [0.717, 1.165) is 11.3 Å². The first-order valence-electron chi connectivity index (χ1n) is 7.99. The maximum absolute atomic E-state index is 13.1. The number of allylic oxidation sites excluding steroid dienone is 1. The van der Waals surface area contributed by atoms with Gasteiger partial charge in [0.25, 0.3) is 5.91 Å². The van der Waals surface area contributed by atoms with Crippen LogP contribution in [0, 0.1) is 0 Å². The van der Waals surface area contributed by atoms with E-state index in [2.05, 4.69) is 15.4 Å². The minimum atomic E-state index is -0.398. The van der Waals surface area contributed by atoms with Crippen molar-refractivity contribution in [3.63, 3.8) is 0 Å². The molecule has 0 saturated heterocycles. The fourth-order valence-electron chi connectivity index (χ4n) is 3.03. The summed E-state index contributed by atoms with van der Waals surface area (Å²) < 4.78 is 1.71. The molecule has 0 spiro atoms. The zero-order valence-electron chi connectivity index (χ0n) is 14.0. The Bertz CT molecular complexity index is 794. The number of rotatable bonds is 4. The summed E-state index contributed by atoms with van der Waals surface area (Å²) in [6, 6.07) is 7.13. The van der Waals surface area contributed by atoms with Crippen LogP contribution in [0.1, 0.15) is 32.4 Å². The van der Waals surface area contributed by atoms with Gasteiger partial charge in [-0.25, -0.2) is 4.68 Å². The van der Waals surface area contributed by atoms with Gasteiger partial charge in [-0.05, 0) is 26.8 Å². The average Bonchev–Trinajstić information content (AvgIpc) is 3.03. The molecule has 0 aliphatic carbocycles. The highest BCUT2D eigenvalue weighted by molar-refractivity contribution is 6.31. The summed E-state index contributed by atoms with van der Waals surface area (Å²) >= 11 is 6.43. The number of aromatic nitrogens is 3. The highest BCUT2D eigenvalue weighted by Crippen LogP contribution is 2.38. The Morgan fingerprint density at radius 2 is 2.04 bits per heavy atom. The first-order chi connectivity index (χ1) is 11.6. The van der Waals surface area contributed by atoms with Gasteiger partial charge in [-0.2, -0.15) is 10.1 Å². The summed E-state index contributed by atoms with van der Waals surface area (Å²) in [4.78, 5) is 19.1. The van der Waals surface area contributed by atoms with Crippen molar-refractivity contribution in [2.45, 2.75) is 26.8 Å². The molecule has 1 amide bonds. The van der Waals surface area contributed by atoms with Crippen LogP contribution in [-0.2, 0) is 4.79 Å². The van der Waals surface area contributed by atoms with Crippen LogP contribution in [0.5, 0.6) is 0 Å². The molecule has 24 heavy (non-hydrogen) atoms. The lowest BCUT2D eigenvalue weighted by Crippen LogP contribution is -2.38. The van der Waals surface area contributed by atoms with Gasteiger partial charge >= 0.3 is 0 Å². The molecule has 7 heteroatoms. The minimum absolute atomic E-state index is 0.0175. The lowest BCUT2D eigenvalue weighted by atomic mass is 9.94. The molecule has 1 N–H and O–H groups in total. The van der Waals surface area contributed by atoms with Crippen LogP contribution in [-0.4, -0.2) is 38.7 Å². The second-order valence-corrected chi connectivity index (χ2v) is 6.00. The molecular weight excluding hydrogens is 326 g/mol. The standard InChI is InChI=1S/C17H20ClN5O/c1-4-22(5-2)16(24)14-11(3)21-17-19-10-20-23(17)15(14)12-8-6-7-9-13(12)18/h6-10,15H,4-5H2,1-3H3,(H,19,20,21)/t15-/m0/s1. The van der Waals surface area contributed by atoms with Gasteiger partial charge in [0.15, 0.2) is 0 Å². The summed E-state index contributed by atoms with van der Waals surface area (Å²) in [5.74, 6) is 0.588. The van der Waals surface area contributed by atoms with E-state index in [9.17, 15) is 4.79 Å². The number of fused-ring (bicyclic) bond motifs is 1. The number of carbonyl (C=O) groups excluding carboxylic acids is 1. The zero-order chi connectivity index (χ0) is 17.3. The normalized spacial score (nSPS) is 16.6. The van der Waals surface area contributed by atoms with E-state index in [4.69, 9.17) is 11.6 Å². The van der Waals surface area contributed by atoms with E-state index in [1.807, 2.05) is 45.0 Å². The van der Waals surface area contributed by atoms with Crippen molar-refractivity contribution in [1.82, 2.24) is 19.7 Å². The predicted molar refractivity (Wildman–Crippen MR) is 93.9 cm³/mol. The Labute approximate surface area is 146 Å². The van der Waals surface area contributed by atoms with Gasteiger partial charge in [-0.1, -0.05) is 29.8 Å². The molecule has 2 heterocycles. The number of hydrogen-bond acceptors (Lipinski definition) is 4. The third kappa shape index (κ3) is 2.67. The molecule has 126 valence electrons. The molecule has 0 fully saturated rings. The fraction of sp³-hybridized carbons (Fsp3) is 0.353. The number of amides is 1. The molecule has 1 aliphatic rings. The lowest BCUT2D eigenvalue weighted by Gasteiger charge is -2.32. The van der Waals surface area contributed by atoms with Gasteiger partial charge in [0.05, 0.1) is 5.57 Å². The topological polar surface area (TPSA) is 63.1 Å². The number of nitrogens with zero attached hydrogens (tertiary/aromatic N) is 4. The zero-order valence-corrected chi connectivity index (χ0v) is 14.7. The quantitative estimate of drug-likeness (QED) is 0.924. The molecule has 0 unspecified atom stereocenters. The van der Waals surface area contributed by atoms with Crippen LogP contribution in [0.4, 0.5) is 5.95 Å². The lowest BCUT2D eigenvalue weighted by molar-refractivity contribution is -0.127. The molecule has 0 bridgehead atoms. The SMILES string of the molecule is CCN(CC)C(=O)C1=C(C)Nc2ncnn2[C@H]1c1ccccc1Cl.